The lowest BCUT2D eigenvalue weighted by Gasteiger charge is -2.20. The number of nitrogens with zero attached hydrogens (tertiary/aromatic N) is 4. The van der Waals surface area contributed by atoms with E-state index in [-0.39, 0.29) is 15.2 Å². The molecule has 0 spiro atoms. The number of halogens is 2. The SMILES string of the molecule is CN(CCn1c(NC(=O)c2ccc(C(F)F)s2)nc2ccccc21)CC(C#N)=CC(C)(C)C. The first-order valence-electron chi connectivity index (χ1n) is 10.5. The van der Waals surface area contributed by atoms with Gasteiger partial charge in [0.25, 0.3) is 12.3 Å². The van der Waals surface area contributed by atoms with Crippen LogP contribution < -0.4 is 5.32 Å². The molecule has 9 heteroatoms. The molecule has 174 valence electrons. The number of nitriles is 1. The van der Waals surface area contributed by atoms with Crippen LogP contribution in [-0.4, -0.2) is 40.5 Å². The van der Waals surface area contributed by atoms with Gasteiger partial charge in [0.05, 0.1) is 26.9 Å². The highest BCUT2D eigenvalue weighted by Crippen LogP contribution is 2.28. The number of hydrogen-bond acceptors (Lipinski definition) is 5. The Kier molecular flexibility index (Phi) is 7.61. The number of alkyl halides is 2. The lowest BCUT2D eigenvalue weighted by atomic mass is 9.93. The van der Waals surface area contributed by atoms with Crippen LogP contribution in [0.5, 0.6) is 0 Å². The number of benzene rings is 1. The fourth-order valence-electron chi connectivity index (χ4n) is 3.43. The second-order valence-electron chi connectivity index (χ2n) is 8.92. The third-order valence-electron chi connectivity index (χ3n) is 4.84. The normalized spacial score (nSPS) is 12.5. The molecule has 0 aliphatic heterocycles. The summed E-state index contributed by atoms with van der Waals surface area (Å²) in [5, 5.41) is 12.2. The van der Waals surface area contributed by atoms with E-state index >= 15 is 0 Å². The Balaban J connectivity index is 1.78. The van der Waals surface area contributed by atoms with Gasteiger partial charge in [0.1, 0.15) is 0 Å². The van der Waals surface area contributed by atoms with Crippen LogP contribution in [0.15, 0.2) is 48.0 Å². The van der Waals surface area contributed by atoms with E-state index in [9.17, 15) is 18.8 Å². The van der Waals surface area contributed by atoms with Crippen molar-refractivity contribution < 1.29 is 13.6 Å². The van der Waals surface area contributed by atoms with Crippen LogP contribution in [0.25, 0.3) is 11.0 Å². The minimum Gasteiger partial charge on any atom is -0.309 e. The van der Waals surface area contributed by atoms with Crippen LogP contribution in [0, 0.1) is 16.7 Å². The van der Waals surface area contributed by atoms with Crippen LogP contribution in [-0.2, 0) is 6.54 Å². The second kappa shape index (κ2) is 10.2. The smallest absolute Gasteiger partial charge is 0.272 e. The molecule has 3 rings (SSSR count). The molecule has 6 nitrogen and oxygen atoms in total. The molecule has 2 heterocycles. The molecule has 0 radical (unpaired) electrons. The van der Waals surface area contributed by atoms with Crippen molar-refractivity contribution in [3.05, 3.63) is 57.8 Å². The number of hydrogen-bond donors (Lipinski definition) is 1. The zero-order valence-corrected chi connectivity index (χ0v) is 19.9. The van der Waals surface area contributed by atoms with E-state index in [0.717, 1.165) is 22.4 Å². The Hall–Kier alpha value is -3.09. The molecule has 0 atom stereocenters. The second-order valence-corrected chi connectivity index (χ2v) is 10.0. The number of imidazole rings is 1. The van der Waals surface area contributed by atoms with E-state index in [1.807, 2.05) is 46.9 Å². The summed E-state index contributed by atoms with van der Waals surface area (Å²) in [6, 6.07) is 12.5. The minimum atomic E-state index is -2.61. The van der Waals surface area contributed by atoms with Gasteiger partial charge in [-0.05, 0) is 36.7 Å². The lowest BCUT2D eigenvalue weighted by molar-refractivity contribution is 0.102. The Morgan fingerprint density at radius 3 is 2.67 bits per heavy atom. The van der Waals surface area contributed by atoms with Crippen molar-refractivity contribution in [1.29, 1.82) is 5.26 Å². The van der Waals surface area contributed by atoms with Crippen molar-refractivity contribution in [3.8, 4) is 6.07 Å². The van der Waals surface area contributed by atoms with Gasteiger partial charge in [0.2, 0.25) is 5.95 Å². The number of aromatic nitrogens is 2. The van der Waals surface area contributed by atoms with Crippen LogP contribution in [0.4, 0.5) is 14.7 Å². The minimum absolute atomic E-state index is 0.0874. The summed E-state index contributed by atoms with van der Waals surface area (Å²) in [7, 11) is 1.93. The fraction of sp³-hybridized carbons (Fsp3) is 0.375. The summed E-state index contributed by atoms with van der Waals surface area (Å²) < 4.78 is 27.7. The Bertz CT molecular complexity index is 1200. The molecule has 3 aromatic rings. The standard InChI is InChI=1S/C24H27F2N5OS/c1-24(2,3)13-16(14-27)15-30(4)11-12-31-18-8-6-5-7-17(18)28-23(31)29-22(32)20-10-9-19(33-20)21(25)26/h5-10,13,21H,11-12,15H2,1-4H3,(H,28,29,32). The van der Waals surface area contributed by atoms with E-state index in [0.29, 0.717) is 31.2 Å². The zero-order chi connectivity index (χ0) is 24.2. The van der Waals surface area contributed by atoms with E-state index < -0.39 is 12.3 Å². The first-order chi connectivity index (χ1) is 15.6. The van der Waals surface area contributed by atoms with Gasteiger partial charge < -0.3 is 4.57 Å². The summed E-state index contributed by atoms with van der Waals surface area (Å²) in [4.78, 5) is 19.3. The first-order valence-corrected chi connectivity index (χ1v) is 11.3. The number of carbonyl (C=O) groups excluding carboxylic acids is 1. The number of anilines is 1. The predicted molar refractivity (Wildman–Crippen MR) is 128 cm³/mol. The molecule has 0 aliphatic carbocycles. The summed E-state index contributed by atoms with van der Waals surface area (Å²) in [5.74, 6) is -0.121. The van der Waals surface area contributed by atoms with Gasteiger partial charge in [0.15, 0.2) is 0 Å². The third kappa shape index (κ3) is 6.46. The average molecular weight is 472 g/mol. The van der Waals surface area contributed by atoms with E-state index in [4.69, 9.17) is 0 Å². The van der Waals surface area contributed by atoms with Crippen LogP contribution >= 0.6 is 11.3 Å². The lowest BCUT2D eigenvalue weighted by Crippen LogP contribution is -2.26. The number of thiophene rings is 1. The Labute approximate surface area is 196 Å². The van der Waals surface area contributed by atoms with Crippen molar-refractivity contribution in [2.45, 2.75) is 33.7 Å². The van der Waals surface area contributed by atoms with E-state index in [1.54, 1.807) is 0 Å². The van der Waals surface area contributed by atoms with Crippen molar-refractivity contribution >= 4 is 34.2 Å². The van der Waals surface area contributed by atoms with E-state index in [1.165, 1.54) is 12.1 Å². The largest absolute Gasteiger partial charge is 0.309 e. The van der Waals surface area contributed by atoms with Crippen molar-refractivity contribution in [2.24, 2.45) is 5.41 Å². The molecular formula is C24H27F2N5OS. The fourth-order valence-corrected chi connectivity index (χ4v) is 4.19. The number of amides is 1. The van der Waals surface area contributed by atoms with Crippen LogP contribution in [0.1, 0.15) is 41.7 Å². The van der Waals surface area contributed by atoms with Crippen LogP contribution in [0.3, 0.4) is 0 Å². The van der Waals surface area contributed by atoms with Gasteiger partial charge in [-0.2, -0.15) is 5.26 Å². The number of para-hydroxylation sites is 2. The van der Waals surface area contributed by atoms with Crippen LogP contribution in [0.2, 0.25) is 0 Å². The maximum atomic E-state index is 12.9. The van der Waals surface area contributed by atoms with Crippen molar-refractivity contribution in [1.82, 2.24) is 14.5 Å². The molecule has 0 bridgehead atoms. The number of allylic oxidation sites excluding steroid dienone is 1. The summed E-state index contributed by atoms with van der Waals surface area (Å²) >= 11 is 0.769. The molecule has 0 saturated heterocycles. The number of rotatable bonds is 8. The summed E-state index contributed by atoms with van der Waals surface area (Å²) in [6.07, 6.45) is -0.640. The maximum Gasteiger partial charge on any atom is 0.272 e. The molecule has 1 N–H and O–H groups in total. The summed E-state index contributed by atoms with van der Waals surface area (Å²) in [5.41, 5.74) is 2.18. The number of likely N-dealkylation sites (N-methyl/N-ethyl adjacent to an activating group) is 1. The highest BCUT2D eigenvalue weighted by molar-refractivity contribution is 7.14. The van der Waals surface area contributed by atoms with Gasteiger partial charge >= 0.3 is 0 Å². The van der Waals surface area contributed by atoms with Crippen molar-refractivity contribution in [3.63, 3.8) is 0 Å². The molecule has 33 heavy (non-hydrogen) atoms. The van der Waals surface area contributed by atoms with Crippen molar-refractivity contribution in [2.75, 3.05) is 25.5 Å². The number of carbonyl (C=O) groups is 1. The first kappa shape index (κ1) is 24.6. The zero-order valence-electron chi connectivity index (χ0n) is 19.1. The molecule has 0 saturated carbocycles. The monoisotopic (exact) mass is 471 g/mol. The molecule has 0 unspecified atom stereocenters. The number of nitrogens with one attached hydrogen (secondary N) is 1. The highest BCUT2D eigenvalue weighted by atomic mass is 32.1. The molecule has 1 amide bonds. The van der Waals surface area contributed by atoms with Gasteiger partial charge in [-0.3, -0.25) is 15.0 Å². The van der Waals surface area contributed by atoms with Gasteiger partial charge in [0, 0.05) is 25.2 Å². The van der Waals surface area contributed by atoms with Gasteiger partial charge in [-0.1, -0.05) is 39.0 Å². The topological polar surface area (TPSA) is 73.9 Å². The molecular weight excluding hydrogens is 444 g/mol. The predicted octanol–water partition coefficient (Wildman–Crippen LogP) is 5.72. The summed E-state index contributed by atoms with van der Waals surface area (Å²) in [6.45, 7) is 7.79. The molecule has 0 aliphatic rings. The van der Waals surface area contributed by atoms with E-state index in [2.05, 4.69) is 37.1 Å². The van der Waals surface area contributed by atoms with Gasteiger partial charge in [-0.15, -0.1) is 11.3 Å². The maximum absolute atomic E-state index is 12.9. The Morgan fingerprint density at radius 2 is 2.03 bits per heavy atom. The molecule has 2 aromatic heterocycles. The molecule has 0 fully saturated rings. The number of fused-ring (bicyclic) bond motifs is 1. The molecule has 1 aromatic carbocycles. The van der Waals surface area contributed by atoms with Gasteiger partial charge in [-0.25, -0.2) is 13.8 Å². The average Bonchev–Trinajstić information content (AvgIpc) is 3.36. The highest BCUT2D eigenvalue weighted by Gasteiger charge is 2.18. The quantitative estimate of drug-likeness (QED) is 0.427. The third-order valence-corrected chi connectivity index (χ3v) is 5.93. The Morgan fingerprint density at radius 1 is 1.30 bits per heavy atom.